The van der Waals surface area contributed by atoms with E-state index >= 15 is 0 Å². The van der Waals surface area contributed by atoms with E-state index in [1.165, 1.54) is 12.1 Å². The second kappa shape index (κ2) is 7.97. The molecule has 4 nitrogen and oxygen atoms in total. The predicted octanol–water partition coefficient (Wildman–Crippen LogP) is 3.73. The summed E-state index contributed by atoms with van der Waals surface area (Å²) in [6.07, 6.45) is 1.66. The molecule has 25 heavy (non-hydrogen) atoms. The van der Waals surface area contributed by atoms with E-state index in [2.05, 4.69) is 11.1 Å². The van der Waals surface area contributed by atoms with E-state index in [1.54, 1.807) is 42.2 Å². The molecule has 1 heterocycles. The number of hydrogen-bond donors (Lipinski definition) is 1. The topological polar surface area (TPSA) is 61.8 Å². The minimum absolute atomic E-state index is 0.106. The average Bonchev–Trinajstić information content (AvgIpc) is 3.04. The molecular formula is C19H16FN3OS. The number of imidazole rings is 1. The van der Waals surface area contributed by atoms with Crippen molar-refractivity contribution in [2.24, 2.45) is 0 Å². The molecule has 0 unspecified atom stereocenters. The highest BCUT2D eigenvalue weighted by atomic mass is 32.2. The average molecular weight is 353 g/mol. The molecule has 0 spiro atoms. The lowest BCUT2D eigenvalue weighted by Gasteiger charge is -2.11. The highest BCUT2D eigenvalue weighted by Crippen LogP contribution is 2.24. The molecule has 0 aliphatic carbocycles. The zero-order valence-corrected chi connectivity index (χ0v) is 14.2. The van der Waals surface area contributed by atoms with Crippen LogP contribution in [0.4, 0.5) is 4.39 Å². The Morgan fingerprint density at radius 1 is 1.08 bits per heavy atom. The van der Waals surface area contributed by atoms with Gasteiger partial charge in [0.1, 0.15) is 5.82 Å². The van der Waals surface area contributed by atoms with Crippen LogP contribution in [0.25, 0.3) is 0 Å². The van der Waals surface area contributed by atoms with Crippen molar-refractivity contribution in [3.05, 3.63) is 82.9 Å². The van der Waals surface area contributed by atoms with Crippen LogP contribution in [-0.4, -0.2) is 14.7 Å². The molecule has 0 atom stereocenters. The summed E-state index contributed by atoms with van der Waals surface area (Å²) in [5.41, 5.74) is 3.38. The molecule has 0 aliphatic rings. The first-order valence-corrected chi connectivity index (χ1v) is 8.69. The number of aliphatic hydroxyl groups is 1. The summed E-state index contributed by atoms with van der Waals surface area (Å²) < 4.78 is 15.0. The Labute approximate surface area is 149 Å². The first kappa shape index (κ1) is 17.2. The zero-order valence-electron chi connectivity index (χ0n) is 13.4. The summed E-state index contributed by atoms with van der Waals surface area (Å²) in [7, 11) is 0. The lowest BCUT2D eigenvalue weighted by molar-refractivity contribution is 0.270. The van der Waals surface area contributed by atoms with Gasteiger partial charge in [0.05, 0.1) is 30.1 Å². The van der Waals surface area contributed by atoms with Crippen molar-refractivity contribution in [1.82, 2.24) is 9.55 Å². The molecule has 0 saturated heterocycles. The van der Waals surface area contributed by atoms with Gasteiger partial charge in [0.15, 0.2) is 5.16 Å². The maximum atomic E-state index is 13.1. The number of benzene rings is 2. The summed E-state index contributed by atoms with van der Waals surface area (Å²) in [4.78, 5) is 4.39. The molecule has 0 fully saturated rings. The maximum absolute atomic E-state index is 13.1. The number of nitrogens with zero attached hydrogens (tertiary/aromatic N) is 3. The standard InChI is InChI=1S/C19H16FN3OS/c20-17-7-5-15(6-8-17)11-23-18(12-24)10-22-19(23)25-13-16-3-1-14(9-21)2-4-16/h1-8,10,24H,11-13H2. The largest absolute Gasteiger partial charge is 0.390 e. The highest BCUT2D eigenvalue weighted by molar-refractivity contribution is 7.98. The highest BCUT2D eigenvalue weighted by Gasteiger charge is 2.11. The number of thioether (sulfide) groups is 1. The van der Waals surface area contributed by atoms with E-state index in [-0.39, 0.29) is 12.4 Å². The lowest BCUT2D eigenvalue weighted by Crippen LogP contribution is -2.06. The number of hydrogen-bond acceptors (Lipinski definition) is 4. The third-order valence-corrected chi connectivity index (χ3v) is 4.83. The summed E-state index contributed by atoms with van der Waals surface area (Å²) in [5.74, 6) is 0.434. The van der Waals surface area contributed by atoms with E-state index in [4.69, 9.17) is 5.26 Å². The first-order valence-electron chi connectivity index (χ1n) is 7.71. The monoisotopic (exact) mass is 353 g/mol. The fourth-order valence-corrected chi connectivity index (χ4v) is 3.35. The molecule has 1 N–H and O–H groups in total. The Hall–Kier alpha value is -2.62. The number of aromatic nitrogens is 2. The second-order valence-electron chi connectivity index (χ2n) is 5.50. The van der Waals surface area contributed by atoms with Crippen molar-refractivity contribution >= 4 is 11.8 Å². The van der Waals surface area contributed by atoms with E-state index in [0.29, 0.717) is 23.6 Å². The molecule has 0 amide bonds. The third kappa shape index (κ3) is 4.27. The van der Waals surface area contributed by atoms with Gasteiger partial charge in [-0.2, -0.15) is 5.26 Å². The van der Waals surface area contributed by atoms with Gasteiger partial charge >= 0.3 is 0 Å². The van der Waals surface area contributed by atoms with Crippen LogP contribution >= 0.6 is 11.8 Å². The Balaban J connectivity index is 1.75. The molecule has 0 aliphatic heterocycles. The summed E-state index contributed by atoms with van der Waals surface area (Å²) in [6, 6.07) is 15.8. The van der Waals surface area contributed by atoms with Crippen molar-refractivity contribution in [3.8, 4) is 6.07 Å². The van der Waals surface area contributed by atoms with Gasteiger partial charge in [-0.05, 0) is 35.4 Å². The summed E-state index contributed by atoms with van der Waals surface area (Å²) in [5, 5.41) is 19.2. The zero-order chi connectivity index (χ0) is 17.6. The minimum Gasteiger partial charge on any atom is -0.390 e. The molecule has 3 rings (SSSR count). The number of halogens is 1. The van der Waals surface area contributed by atoms with Crippen LogP contribution < -0.4 is 0 Å². The molecule has 2 aromatic carbocycles. The number of aliphatic hydroxyl groups excluding tert-OH is 1. The molecule has 0 bridgehead atoms. The molecule has 1 aromatic heterocycles. The van der Waals surface area contributed by atoms with Gasteiger partial charge in [0.2, 0.25) is 0 Å². The Morgan fingerprint density at radius 3 is 2.40 bits per heavy atom. The SMILES string of the molecule is N#Cc1ccc(CSc2ncc(CO)n2Cc2ccc(F)cc2)cc1. The van der Waals surface area contributed by atoms with Crippen LogP contribution in [0.15, 0.2) is 59.9 Å². The van der Waals surface area contributed by atoms with E-state index in [0.717, 1.165) is 16.3 Å². The van der Waals surface area contributed by atoms with Gasteiger partial charge in [-0.25, -0.2) is 9.37 Å². The normalized spacial score (nSPS) is 10.6. The minimum atomic E-state index is -0.271. The van der Waals surface area contributed by atoms with Crippen LogP contribution in [0, 0.1) is 17.1 Å². The Morgan fingerprint density at radius 2 is 1.76 bits per heavy atom. The van der Waals surface area contributed by atoms with E-state index in [1.807, 2.05) is 16.7 Å². The van der Waals surface area contributed by atoms with Gasteiger partial charge in [0, 0.05) is 12.3 Å². The van der Waals surface area contributed by atoms with Crippen molar-refractivity contribution < 1.29 is 9.50 Å². The van der Waals surface area contributed by atoms with Crippen molar-refractivity contribution in [2.75, 3.05) is 0 Å². The van der Waals surface area contributed by atoms with Crippen LogP contribution in [0.5, 0.6) is 0 Å². The fourth-order valence-electron chi connectivity index (χ4n) is 2.40. The van der Waals surface area contributed by atoms with Crippen molar-refractivity contribution in [1.29, 1.82) is 5.26 Å². The molecule has 3 aromatic rings. The van der Waals surface area contributed by atoms with Crippen LogP contribution in [0.1, 0.15) is 22.4 Å². The quantitative estimate of drug-likeness (QED) is 0.686. The van der Waals surface area contributed by atoms with Gasteiger partial charge in [0.25, 0.3) is 0 Å². The smallest absolute Gasteiger partial charge is 0.168 e. The van der Waals surface area contributed by atoms with Crippen LogP contribution in [-0.2, 0) is 18.9 Å². The number of nitriles is 1. The van der Waals surface area contributed by atoms with Crippen LogP contribution in [0.2, 0.25) is 0 Å². The van der Waals surface area contributed by atoms with Gasteiger partial charge in [-0.15, -0.1) is 0 Å². The van der Waals surface area contributed by atoms with Crippen LogP contribution in [0.3, 0.4) is 0 Å². The van der Waals surface area contributed by atoms with E-state index < -0.39 is 0 Å². The first-order chi connectivity index (χ1) is 12.2. The van der Waals surface area contributed by atoms with Crippen molar-refractivity contribution in [2.45, 2.75) is 24.1 Å². The number of rotatable bonds is 6. The van der Waals surface area contributed by atoms with Gasteiger partial charge in [-0.1, -0.05) is 36.0 Å². The Bertz CT molecular complexity index is 883. The molecule has 0 radical (unpaired) electrons. The molecule has 126 valence electrons. The second-order valence-corrected chi connectivity index (χ2v) is 6.44. The van der Waals surface area contributed by atoms with E-state index in [9.17, 15) is 9.50 Å². The predicted molar refractivity (Wildman–Crippen MR) is 94.4 cm³/mol. The summed E-state index contributed by atoms with van der Waals surface area (Å²) >= 11 is 1.56. The molecule has 0 saturated carbocycles. The maximum Gasteiger partial charge on any atom is 0.168 e. The summed E-state index contributed by atoms with van der Waals surface area (Å²) in [6.45, 7) is 0.414. The van der Waals surface area contributed by atoms with Gasteiger partial charge < -0.3 is 9.67 Å². The fraction of sp³-hybridized carbons (Fsp3) is 0.158. The Kier molecular flexibility index (Phi) is 5.49. The van der Waals surface area contributed by atoms with Crippen molar-refractivity contribution in [3.63, 3.8) is 0 Å². The lowest BCUT2D eigenvalue weighted by atomic mass is 10.2. The van der Waals surface area contributed by atoms with Gasteiger partial charge in [-0.3, -0.25) is 0 Å². The third-order valence-electron chi connectivity index (χ3n) is 3.77. The molecule has 6 heteroatoms. The molecular weight excluding hydrogens is 337 g/mol.